The summed E-state index contributed by atoms with van der Waals surface area (Å²) in [5.74, 6) is -0.319. The van der Waals surface area contributed by atoms with Crippen LogP contribution in [0.4, 0.5) is 30.2 Å². The molecular weight excluding hydrogens is 395 g/mol. The number of methoxy groups -OCH3 is 1. The summed E-state index contributed by atoms with van der Waals surface area (Å²) in [6, 6.07) is 6.72. The average molecular weight is 413 g/mol. The first kappa shape index (κ1) is 21.8. The lowest BCUT2D eigenvalue weighted by Crippen LogP contribution is -2.22. The van der Waals surface area contributed by atoms with Gasteiger partial charge in [0.15, 0.2) is 0 Å². The van der Waals surface area contributed by atoms with Gasteiger partial charge in [0, 0.05) is 0 Å². The van der Waals surface area contributed by atoms with Crippen molar-refractivity contribution in [1.82, 2.24) is 0 Å². The molecule has 0 aromatic heterocycles. The minimum absolute atomic E-state index is 0.0268. The molecule has 29 heavy (non-hydrogen) atoms. The fourth-order valence-electron chi connectivity index (χ4n) is 2.39. The van der Waals surface area contributed by atoms with Crippen molar-refractivity contribution in [2.75, 3.05) is 30.9 Å². The third kappa shape index (κ3) is 5.74. The van der Waals surface area contributed by atoms with E-state index in [2.05, 4.69) is 10.6 Å². The van der Waals surface area contributed by atoms with Crippen LogP contribution in [-0.4, -0.2) is 31.1 Å². The fourth-order valence-corrected chi connectivity index (χ4v) is 2.39. The monoisotopic (exact) mass is 413 g/mol. The first-order chi connectivity index (χ1) is 13.7. The van der Waals surface area contributed by atoms with Gasteiger partial charge in [-0.25, -0.2) is 0 Å². The molecule has 0 radical (unpaired) electrons. The molecule has 0 saturated heterocycles. The van der Waals surface area contributed by atoms with Gasteiger partial charge < -0.3 is 20.1 Å². The van der Waals surface area contributed by atoms with Gasteiger partial charge in [-0.1, -0.05) is 0 Å². The van der Waals surface area contributed by atoms with Gasteiger partial charge in [-0.15, -0.1) is 0 Å². The Morgan fingerprint density at radius 3 is 2.48 bits per heavy atom. The number of ether oxygens (including phenoxy) is 2. The summed E-state index contributed by atoms with van der Waals surface area (Å²) >= 11 is 0. The Labute approximate surface area is 163 Å². The summed E-state index contributed by atoms with van der Waals surface area (Å²) in [6.45, 7) is 1.44. The second-order valence-electron chi connectivity index (χ2n) is 5.68. The highest BCUT2D eigenvalue weighted by molar-refractivity contribution is 5.96. The molecule has 0 atom stereocenters. The molecule has 2 aromatic carbocycles. The van der Waals surface area contributed by atoms with E-state index in [4.69, 9.17) is 9.47 Å². The molecule has 0 fully saturated rings. The van der Waals surface area contributed by atoms with Gasteiger partial charge >= 0.3 is 6.18 Å². The smallest absolute Gasteiger partial charge is 0.416 e. The van der Waals surface area contributed by atoms with Crippen LogP contribution in [0.3, 0.4) is 0 Å². The van der Waals surface area contributed by atoms with Crippen LogP contribution in [0.25, 0.3) is 0 Å². The third-order valence-electron chi connectivity index (χ3n) is 3.72. The highest BCUT2D eigenvalue weighted by atomic mass is 19.4. The molecule has 156 valence electrons. The van der Waals surface area contributed by atoms with Crippen molar-refractivity contribution >= 4 is 23.0 Å². The van der Waals surface area contributed by atoms with Crippen molar-refractivity contribution in [3.05, 3.63) is 52.1 Å². The molecule has 0 unspecified atom stereocenters. The van der Waals surface area contributed by atoms with E-state index in [-0.39, 0.29) is 35.2 Å². The molecule has 2 N–H and O–H groups in total. The van der Waals surface area contributed by atoms with Gasteiger partial charge in [0.2, 0.25) is 5.91 Å². The second-order valence-corrected chi connectivity index (χ2v) is 5.68. The zero-order valence-electron chi connectivity index (χ0n) is 15.5. The van der Waals surface area contributed by atoms with Crippen molar-refractivity contribution in [2.45, 2.75) is 13.1 Å². The molecule has 2 aromatic rings. The highest BCUT2D eigenvalue weighted by Crippen LogP contribution is 2.35. The topological polar surface area (TPSA) is 103 Å². The van der Waals surface area contributed by atoms with E-state index in [1.54, 1.807) is 6.92 Å². The van der Waals surface area contributed by atoms with Crippen molar-refractivity contribution in [3.63, 3.8) is 0 Å². The number of anilines is 2. The minimum Gasteiger partial charge on any atom is -0.496 e. The molecule has 0 saturated carbocycles. The number of nitro groups is 1. The van der Waals surface area contributed by atoms with Gasteiger partial charge in [0.25, 0.3) is 5.69 Å². The first-order valence-electron chi connectivity index (χ1n) is 8.36. The predicted molar refractivity (Wildman–Crippen MR) is 99.4 cm³/mol. The first-order valence-corrected chi connectivity index (χ1v) is 8.36. The third-order valence-corrected chi connectivity index (χ3v) is 3.72. The molecule has 0 bridgehead atoms. The largest absolute Gasteiger partial charge is 0.496 e. The quantitative estimate of drug-likeness (QED) is 0.500. The van der Waals surface area contributed by atoms with Crippen molar-refractivity contribution in [2.24, 2.45) is 0 Å². The normalized spacial score (nSPS) is 10.9. The maximum absolute atomic E-state index is 12.9. The van der Waals surface area contributed by atoms with E-state index in [9.17, 15) is 28.1 Å². The molecule has 0 aliphatic heterocycles. The van der Waals surface area contributed by atoms with Crippen LogP contribution >= 0.6 is 0 Å². The van der Waals surface area contributed by atoms with E-state index in [0.717, 1.165) is 24.3 Å². The molecule has 11 heteroatoms. The number of benzene rings is 2. The highest BCUT2D eigenvalue weighted by Gasteiger charge is 2.31. The predicted octanol–water partition coefficient (Wildman–Crippen LogP) is 4.07. The zero-order valence-corrected chi connectivity index (χ0v) is 15.5. The number of carbonyl (C=O) groups excluding carboxylic acids is 1. The number of rotatable bonds is 8. The molecule has 0 aliphatic rings. The number of nitrogens with zero attached hydrogens (tertiary/aromatic N) is 1. The fraction of sp³-hybridized carbons (Fsp3) is 0.278. The minimum atomic E-state index is -4.56. The van der Waals surface area contributed by atoms with Crippen LogP contribution in [-0.2, 0) is 11.0 Å². The molecule has 2 rings (SSSR count). The summed E-state index contributed by atoms with van der Waals surface area (Å²) in [5, 5.41) is 16.1. The summed E-state index contributed by atoms with van der Waals surface area (Å²) < 4.78 is 49.0. The lowest BCUT2D eigenvalue weighted by Gasteiger charge is -2.15. The van der Waals surface area contributed by atoms with E-state index >= 15 is 0 Å². The molecule has 8 nitrogen and oxygen atoms in total. The zero-order chi connectivity index (χ0) is 21.6. The molecule has 0 spiro atoms. The van der Waals surface area contributed by atoms with Crippen LogP contribution < -0.4 is 20.1 Å². The van der Waals surface area contributed by atoms with Gasteiger partial charge in [-0.2, -0.15) is 13.2 Å². The standard InChI is InChI=1S/C18H18F3N3O5/c1-3-29-16-7-4-11(18(19,20)21)8-14(16)22-10-17(25)23-13-6-5-12(28-2)9-15(13)24(26)27/h4-9,22H,3,10H2,1-2H3,(H,23,25). The van der Waals surface area contributed by atoms with Crippen LogP contribution in [0.15, 0.2) is 36.4 Å². The van der Waals surface area contributed by atoms with Crippen LogP contribution in [0.1, 0.15) is 12.5 Å². The number of hydrogen-bond acceptors (Lipinski definition) is 6. The second kappa shape index (κ2) is 9.13. The average Bonchev–Trinajstić information content (AvgIpc) is 2.66. The van der Waals surface area contributed by atoms with Crippen LogP contribution in [0.5, 0.6) is 11.5 Å². The summed E-state index contributed by atoms with van der Waals surface area (Å²) in [5.41, 5.74) is -1.39. The number of amides is 1. The van der Waals surface area contributed by atoms with E-state index < -0.39 is 29.1 Å². The Morgan fingerprint density at radius 1 is 1.17 bits per heavy atom. The Bertz CT molecular complexity index is 903. The van der Waals surface area contributed by atoms with Gasteiger partial charge in [-0.05, 0) is 37.3 Å². The Hall–Kier alpha value is -3.50. The lowest BCUT2D eigenvalue weighted by molar-refractivity contribution is -0.384. The lowest BCUT2D eigenvalue weighted by atomic mass is 10.1. The number of halogens is 3. The van der Waals surface area contributed by atoms with E-state index in [1.165, 1.54) is 19.2 Å². The molecule has 0 aliphatic carbocycles. The van der Waals surface area contributed by atoms with Crippen molar-refractivity contribution in [3.8, 4) is 11.5 Å². The number of nitro benzene ring substituents is 1. The maximum Gasteiger partial charge on any atom is 0.416 e. The Kier molecular flexibility index (Phi) is 6.86. The van der Waals surface area contributed by atoms with Crippen molar-refractivity contribution < 1.29 is 32.4 Å². The molecule has 1 amide bonds. The van der Waals surface area contributed by atoms with Gasteiger partial charge in [-0.3, -0.25) is 14.9 Å². The SMILES string of the molecule is CCOc1ccc(C(F)(F)F)cc1NCC(=O)Nc1ccc(OC)cc1[N+](=O)[O-]. The Morgan fingerprint density at radius 2 is 1.90 bits per heavy atom. The summed E-state index contributed by atoms with van der Waals surface area (Å²) in [7, 11) is 1.34. The Balaban J connectivity index is 2.16. The van der Waals surface area contributed by atoms with Gasteiger partial charge in [0.1, 0.15) is 17.2 Å². The molecular formula is C18H18F3N3O5. The maximum atomic E-state index is 12.9. The molecule has 0 heterocycles. The van der Waals surface area contributed by atoms with Crippen LogP contribution in [0, 0.1) is 10.1 Å². The van der Waals surface area contributed by atoms with E-state index in [1.807, 2.05) is 0 Å². The summed E-state index contributed by atoms with van der Waals surface area (Å²) in [6.07, 6.45) is -4.56. The number of alkyl halides is 3. The summed E-state index contributed by atoms with van der Waals surface area (Å²) in [4.78, 5) is 22.6. The number of carbonyl (C=O) groups is 1. The number of hydrogen-bond donors (Lipinski definition) is 2. The van der Waals surface area contributed by atoms with Gasteiger partial charge in [0.05, 0.1) is 42.5 Å². The number of nitrogens with one attached hydrogen (secondary N) is 2. The van der Waals surface area contributed by atoms with E-state index in [0.29, 0.717) is 0 Å². The van der Waals surface area contributed by atoms with Crippen LogP contribution in [0.2, 0.25) is 0 Å². The van der Waals surface area contributed by atoms with Crippen molar-refractivity contribution in [1.29, 1.82) is 0 Å².